The molecule has 6 nitrogen and oxygen atoms in total. The van der Waals surface area contributed by atoms with E-state index in [9.17, 15) is 4.79 Å². The second-order valence-corrected chi connectivity index (χ2v) is 16.4. The number of carbonyl (C=O) groups is 1. The average Bonchev–Trinajstić information content (AvgIpc) is 2.98. The summed E-state index contributed by atoms with van der Waals surface area (Å²) in [5.41, 5.74) is 6.34. The van der Waals surface area contributed by atoms with Crippen molar-refractivity contribution in [2.45, 2.75) is 210 Å². The zero-order chi connectivity index (χ0) is 34.0. The Kier molecular flexibility index (Phi) is 37.4. The van der Waals surface area contributed by atoms with Crippen molar-refractivity contribution in [3.05, 3.63) is 12.2 Å². The first-order valence-corrected chi connectivity index (χ1v) is 21.7. The summed E-state index contributed by atoms with van der Waals surface area (Å²) in [5, 5.41) is 0. The minimum atomic E-state index is -4.67. The van der Waals surface area contributed by atoms with Crippen LogP contribution in [0.4, 0.5) is 0 Å². The fraction of sp³-hybridized carbons (Fsp3) is 0.919. The summed E-state index contributed by atoms with van der Waals surface area (Å²) in [5.74, 6) is 0.588. The van der Waals surface area contributed by atoms with Gasteiger partial charge in [0.25, 0.3) is 0 Å². The minimum Gasteiger partial charge on any atom is -0.264 e. The Morgan fingerprint density at radius 2 is 0.867 bits per heavy atom. The van der Waals surface area contributed by atoms with E-state index in [4.69, 9.17) is 23.3 Å². The molecule has 4 N–H and O–H groups in total. The molecule has 0 aromatic rings. The van der Waals surface area contributed by atoms with Crippen molar-refractivity contribution < 1.29 is 22.3 Å². The molecule has 0 rings (SSSR count). The first-order chi connectivity index (χ1) is 21.5. The molecule has 3 atom stereocenters. The largest absolute Gasteiger partial charge is 0.394 e. The van der Waals surface area contributed by atoms with E-state index in [0.717, 1.165) is 40.8 Å². The van der Waals surface area contributed by atoms with Gasteiger partial charge < -0.3 is 0 Å². The molecule has 0 radical (unpaired) electrons. The maximum Gasteiger partial charge on any atom is 0.394 e. The van der Waals surface area contributed by atoms with Crippen LogP contribution in [0.1, 0.15) is 201 Å². The molecule has 3 unspecified atom stereocenters. The molecule has 8 heteroatoms. The summed E-state index contributed by atoms with van der Waals surface area (Å²) >= 11 is 1.01. The number of carbonyl (C=O) groups excluding carboxylic acids is 1. The Morgan fingerprint density at radius 1 is 0.600 bits per heavy atom. The first-order valence-electron chi connectivity index (χ1n) is 19.2. The van der Waals surface area contributed by atoms with Crippen LogP contribution in [0.2, 0.25) is 3.17 Å². The summed E-state index contributed by atoms with van der Waals surface area (Å²) < 4.78 is 32.0. The van der Waals surface area contributed by atoms with Gasteiger partial charge in [-0.05, 0) is 12.8 Å². The van der Waals surface area contributed by atoms with Gasteiger partial charge in [-0.15, -0.1) is 0 Å². The van der Waals surface area contributed by atoms with E-state index in [-0.39, 0.29) is 12.0 Å². The van der Waals surface area contributed by atoms with Gasteiger partial charge in [-0.25, -0.2) is 0 Å². The van der Waals surface area contributed by atoms with Crippen LogP contribution in [0.3, 0.4) is 0 Å². The quantitative estimate of drug-likeness (QED) is 0.0284. The van der Waals surface area contributed by atoms with Gasteiger partial charge in [0.2, 0.25) is 0 Å². The predicted octanol–water partition coefficient (Wildman–Crippen LogP) is 11.3. The van der Waals surface area contributed by atoms with Crippen LogP contribution < -0.4 is 5.73 Å². The number of ketones is 1. The Morgan fingerprint density at radius 3 is 1.16 bits per heavy atom. The van der Waals surface area contributed by atoms with E-state index < -0.39 is 10.4 Å². The number of rotatable bonds is 32. The van der Waals surface area contributed by atoms with Gasteiger partial charge in [0.05, 0.1) is 0 Å². The molecule has 0 saturated heterocycles. The van der Waals surface area contributed by atoms with Crippen molar-refractivity contribution in [1.29, 1.82) is 0 Å². The molecule has 264 valence electrons. The van der Waals surface area contributed by atoms with Crippen LogP contribution in [0, 0.1) is 5.92 Å². The number of unbranched alkanes of at least 4 members (excludes halogenated alkanes) is 23. The zero-order valence-corrected chi connectivity index (χ0v) is 33.1. The Hall–Kier alpha value is 0.240. The predicted molar refractivity (Wildman–Crippen MR) is 196 cm³/mol. The standard InChI is InChI=1S/C37H72NO.Na.H2O4S/c1-4-7-9-11-13-15-17-19-20-21-22-24-26-28-30-32-34-35(37(39)36(38)6-3)33-31-29-27-25-23-18-16-14-12-10-8-5-2;;1-5(2,3)4/h6,19-20,35-36H,4-5,7-18,21-34,38H2,1-3H3;;(H2,1,2,3,4)/b20-19-;;. The molecule has 0 amide bonds. The summed E-state index contributed by atoms with van der Waals surface area (Å²) in [6.45, 7) is 6.73. The number of hydrogen-bond donors (Lipinski definition) is 3. The molecule has 45 heavy (non-hydrogen) atoms. The second-order valence-electron chi connectivity index (χ2n) is 13.7. The monoisotopic (exact) mass is 668 g/mol. The third-order valence-electron chi connectivity index (χ3n) is 8.92. The van der Waals surface area contributed by atoms with E-state index in [1.165, 1.54) is 167 Å². The SMILES string of the molecule is CCCCCCCC/C=C\CCCCCCCCC(CCCCCCCCCCCCCC)C(=O)C(N)[CH](C)[Na].O=S(=O)(O)O. The molecule has 0 fully saturated rings. The zero-order valence-electron chi connectivity index (χ0n) is 30.3. The van der Waals surface area contributed by atoms with E-state index in [1.807, 2.05) is 0 Å². The van der Waals surface area contributed by atoms with Crippen molar-refractivity contribution >= 4 is 44.1 Å². The summed E-state index contributed by atoms with van der Waals surface area (Å²) in [6.07, 6.45) is 42.2. The molecule has 0 heterocycles. The number of hydrogen-bond acceptors (Lipinski definition) is 4. The number of Topliss-reactive ketones (excluding diaryl/α,β-unsaturated/α-hetero) is 1. The van der Waals surface area contributed by atoms with Crippen molar-refractivity contribution in [2.24, 2.45) is 11.7 Å². The average molecular weight is 668 g/mol. The van der Waals surface area contributed by atoms with Gasteiger partial charge in [-0.3, -0.25) is 9.11 Å². The number of nitrogens with two attached hydrogens (primary N) is 1. The third-order valence-corrected chi connectivity index (χ3v) is 9.64. The van der Waals surface area contributed by atoms with Gasteiger partial charge in [-0.1, -0.05) is 90.2 Å². The van der Waals surface area contributed by atoms with Crippen LogP contribution in [0.25, 0.3) is 0 Å². The Bertz CT molecular complexity index is 752. The van der Waals surface area contributed by atoms with E-state index in [1.54, 1.807) is 0 Å². The normalized spacial score (nSPS) is 13.9. The van der Waals surface area contributed by atoms with Crippen molar-refractivity contribution in [2.75, 3.05) is 0 Å². The molecular weight excluding hydrogens is 593 g/mol. The Balaban J connectivity index is 0. The molecule has 0 aliphatic rings. The van der Waals surface area contributed by atoms with Gasteiger partial charge in [0, 0.05) is 0 Å². The Labute approximate surface area is 298 Å². The molecule has 0 aromatic carbocycles. The smallest absolute Gasteiger partial charge is 0.264 e. The van der Waals surface area contributed by atoms with E-state index in [0.29, 0.717) is 8.95 Å². The molecule has 0 aromatic heterocycles. The topological polar surface area (TPSA) is 118 Å². The van der Waals surface area contributed by atoms with Gasteiger partial charge in [0.15, 0.2) is 0 Å². The second kappa shape index (κ2) is 35.5. The van der Waals surface area contributed by atoms with Crippen molar-refractivity contribution in [1.82, 2.24) is 0 Å². The molecule has 0 aliphatic heterocycles. The molecule has 0 spiro atoms. The minimum absolute atomic E-state index is 0.214. The molecule has 0 saturated carbocycles. The van der Waals surface area contributed by atoms with E-state index in [2.05, 4.69) is 32.9 Å². The van der Waals surface area contributed by atoms with Crippen LogP contribution in [0.5, 0.6) is 0 Å². The van der Waals surface area contributed by atoms with Crippen LogP contribution in [-0.4, -0.2) is 57.3 Å². The van der Waals surface area contributed by atoms with Crippen LogP contribution in [-0.2, 0) is 15.2 Å². The fourth-order valence-corrected chi connectivity index (χ4v) is 6.23. The summed E-state index contributed by atoms with van der Waals surface area (Å²) in [4.78, 5) is 13.1. The maximum absolute atomic E-state index is 13.1. The van der Waals surface area contributed by atoms with Gasteiger partial charge >= 0.3 is 179 Å². The van der Waals surface area contributed by atoms with Crippen LogP contribution >= 0.6 is 0 Å². The maximum atomic E-state index is 13.1. The van der Waals surface area contributed by atoms with Gasteiger partial charge in [-0.2, -0.15) is 8.42 Å². The van der Waals surface area contributed by atoms with Crippen LogP contribution in [0.15, 0.2) is 12.2 Å². The summed E-state index contributed by atoms with van der Waals surface area (Å²) in [6, 6.07) is -0.219. The third kappa shape index (κ3) is 40.3. The first kappa shape index (κ1) is 47.4. The van der Waals surface area contributed by atoms with E-state index >= 15 is 0 Å². The molecular formula is C37H74NNaO5S. The van der Waals surface area contributed by atoms with Crippen molar-refractivity contribution in [3.8, 4) is 0 Å². The fourth-order valence-electron chi connectivity index (χ4n) is 5.90. The summed E-state index contributed by atoms with van der Waals surface area (Å²) in [7, 11) is -4.67. The van der Waals surface area contributed by atoms with Crippen molar-refractivity contribution in [3.63, 3.8) is 0 Å². The number of allylic oxidation sites excluding steroid dienone is 2. The van der Waals surface area contributed by atoms with Gasteiger partial charge in [0.1, 0.15) is 0 Å². The molecule has 0 bridgehead atoms. The molecule has 0 aliphatic carbocycles.